The molecule has 0 spiro atoms. The molecule has 1 N–H and O–H groups in total. The summed E-state index contributed by atoms with van der Waals surface area (Å²) >= 11 is 8.54. The van der Waals surface area contributed by atoms with Gasteiger partial charge in [-0.2, -0.15) is 0 Å². The number of halogens is 1. The fourth-order valence-electron chi connectivity index (χ4n) is 3.17. The van der Waals surface area contributed by atoms with Crippen LogP contribution in [0.5, 0.6) is 5.88 Å². The second kappa shape index (κ2) is 6.71. The van der Waals surface area contributed by atoms with Crippen LogP contribution in [-0.4, -0.2) is 14.7 Å². The van der Waals surface area contributed by atoms with E-state index in [4.69, 9.17) is 16.6 Å². The number of aromatic nitrogens is 2. The molecule has 1 aliphatic rings. The van der Waals surface area contributed by atoms with Crippen LogP contribution in [0.3, 0.4) is 0 Å². The molecule has 2 aromatic rings. The molecule has 0 saturated heterocycles. The van der Waals surface area contributed by atoms with Crippen LogP contribution in [0, 0.1) is 0 Å². The molecule has 0 aliphatic carbocycles. The summed E-state index contributed by atoms with van der Waals surface area (Å²) in [6.07, 6.45) is 7.84. The molecule has 0 fully saturated rings. The fraction of sp³-hybridized carbons (Fsp3) is 0.588. The van der Waals surface area contributed by atoms with Crippen molar-refractivity contribution in [1.29, 1.82) is 0 Å². The topological polar surface area (TPSA) is 38.0 Å². The summed E-state index contributed by atoms with van der Waals surface area (Å²) in [5.74, 6) is 1.17. The number of thioether (sulfide) groups is 1. The van der Waals surface area contributed by atoms with E-state index in [1.807, 2.05) is 22.5 Å². The van der Waals surface area contributed by atoms with Gasteiger partial charge in [-0.3, -0.25) is 0 Å². The molecule has 3 nitrogen and oxygen atoms in total. The molecule has 0 aromatic carbocycles. The summed E-state index contributed by atoms with van der Waals surface area (Å²) in [5, 5.41) is 12.3. The summed E-state index contributed by atoms with van der Waals surface area (Å²) in [4.78, 5) is 4.85. The number of hydrogen-bond acceptors (Lipinski definition) is 3. The van der Waals surface area contributed by atoms with Gasteiger partial charge in [0, 0.05) is 29.3 Å². The molecule has 0 bridgehead atoms. The van der Waals surface area contributed by atoms with Gasteiger partial charge in [0.05, 0.1) is 21.6 Å². The Kier molecular flexibility index (Phi) is 4.88. The first-order chi connectivity index (χ1) is 10.7. The molecule has 1 aliphatic heterocycles. The zero-order valence-electron chi connectivity index (χ0n) is 13.2. The molecular formula is C17H23ClN2OS. The van der Waals surface area contributed by atoms with Gasteiger partial charge >= 0.3 is 0 Å². The van der Waals surface area contributed by atoms with Crippen LogP contribution < -0.4 is 0 Å². The van der Waals surface area contributed by atoms with Crippen molar-refractivity contribution >= 4 is 34.3 Å². The number of nitrogens with zero attached hydrogens (tertiary/aromatic N) is 2. The van der Waals surface area contributed by atoms with E-state index in [-0.39, 0.29) is 5.88 Å². The highest BCUT2D eigenvalue weighted by Crippen LogP contribution is 2.49. The number of aryl methyl sites for hydroxylation is 1. The van der Waals surface area contributed by atoms with Crippen molar-refractivity contribution in [3.05, 3.63) is 22.5 Å². The van der Waals surface area contributed by atoms with Crippen LogP contribution in [0.1, 0.15) is 62.5 Å². The van der Waals surface area contributed by atoms with Gasteiger partial charge in [0.15, 0.2) is 0 Å². The summed E-state index contributed by atoms with van der Waals surface area (Å²) in [5.41, 5.74) is 3.11. The maximum atomic E-state index is 10.4. The van der Waals surface area contributed by atoms with Gasteiger partial charge in [0.2, 0.25) is 5.88 Å². The van der Waals surface area contributed by atoms with Gasteiger partial charge in [0.25, 0.3) is 0 Å². The van der Waals surface area contributed by atoms with Crippen molar-refractivity contribution < 1.29 is 5.11 Å². The first-order valence-electron chi connectivity index (χ1n) is 8.19. The summed E-state index contributed by atoms with van der Waals surface area (Å²) < 4.78 is 1.86. The predicted octanol–water partition coefficient (Wildman–Crippen LogP) is 5.67. The van der Waals surface area contributed by atoms with Crippen LogP contribution in [0.2, 0.25) is 5.02 Å². The molecule has 3 heterocycles. The Labute approximate surface area is 141 Å². The minimum atomic E-state index is 0.261. The molecule has 120 valence electrons. The summed E-state index contributed by atoms with van der Waals surface area (Å²) in [6.45, 7) is 5.12. The Morgan fingerprint density at radius 1 is 1.36 bits per heavy atom. The molecule has 1 unspecified atom stereocenters. The second-order valence-corrected chi connectivity index (χ2v) is 7.56. The zero-order chi connectivity index (χ0) is 15.7. The van der Waals surface area contributed by atoms with E-state index in [1.165, 1.54) is 25.7 Å². The number of aromatic hydroxyl groups is 1. The smallest absolute Gasteiger partial charge is 0.202 e. The van der Waals surface area contributed by atoms with E-state index in [1.54, 1.807) is 0 Å². The Bertz CT molecular complexity index is 683. The van der Waals surface area contributed by atoms with Gasteiger partial charge in [-0.05, 0) is 12.8 Å². The van der Waals surface area contributed by atoms with Crippen LogP contribution >= 0.6 is 23.4 Å². The Balaban J connectivity index is 1.99. The maximum Gasteiger partial charge on any atom is 0.202 e. The normalized spacial score (nSPS) is 17.3. The monoisotopic (exact) mass is 338 g/mol. The van der Waals surface area contributed by atoms with Crippen LogP contribution in [0.25, 0.3) is 10.9 Å². The molecule has 2 aromatic heterocycles. The van der Waals surface area contributed by atoms with Crippen molar-refractivity contribution in [1.82, 2.24) is 9.55 Å². The second-order valence-electron chi connectivity index (χ2n) is 5.99. The Morgan fingerprint density at radius 2 is 2.18 bits per heavy atom. The van der Waals surface area contributed by atoms with E-state index in [9.17, 15) is 5.11 Å². The van der Waals surface area contributed by atoms with Crippen LogP contribution in [0.15, 0.2) is 6.20 Å². The van der Waals surface area contributed by atoms with Gasteiger partial charge in [-0.1, -0.05) is 44.7 Å². The Hall–Kier alpha value is -0.870. The predicted molar refractivity (Wildman–Crippen MR) is 94.9 cm³/mol. The molecule has 22 heavy (non-hydrogen) atoms. The number of rotatable bonds is 6. The third kappa shape index (κ3) is 2.71. The molecule has 0 radical (unpaired) electrons. The molecule has 0 saturated carbocycles. The minimum Gasteiger partial charge on any atom is -0.494 e. The average molecular weight is 339 g/mol. The lowest BCUT2D eigenvalue weighted by Crippen LogP contribution is -1.96. The Morgan fingerprint density at radius 3 is 2.91 bits per heavy atom. The highest BCUT2D eigenvalue weighted by Gasteiger charge is 2.29. The van der Waals surface area contributed by atoms with Crippen molar-refractivity contribution in [2.75, 3.05) is 0 Å². The quantitative estimate of drug-likeness (QED) is 0.689. The van der Waals surface area contributed by atoms with E-state index >= 15 is 0 Å². The van der Waals surface area contributed by atoms with Crippen molar-refractivity contribution in [3.63, 3.8) is 0 Å². The highest BCUT2D eigenvalue weighted by molar-refractivity contribution is 7.99. The SMILES string of the molecule is CCCCCC1SCc2c1nc1cn(CCC)c(O)c1c2Cl. The first-order valence-corrected chi connectivity index (χ1v) is 9.61. The molecule has 1 atom stereocenters. The van der Waals surface area contributed by atoms with E-state index in [0.717, 1.165) is 40.9 Å². The maximum absolute atomic E-state index is 10.4. The van der Waals surface area contributed by atoms with Gasteiger partial charge in [-0.15, -0.1) is 11.8 Å². The summed E-state index contributed by atoms with van der Waals surface area (Å²) in [7, 11) is 0. The van der Waals surface area contributed by atoms with Crippen molar-refractivity contribution in [2.45, 2.75) is 63.5 Å². The summed E-state index contributed by atoms with van der Waals surface area (Å²) in [6, 6.07) is 0. The number of unbranched alkanes of at least 4 members (excludes halogenated alkanes) is 2. The van der Waals surface area contributed by atoms with Crippen LogP contribution in [0.4, 0.5) is 0 Å². The standard InChI is InChI=1S/C17H23ClN2OS/c1-3-5-6-7-13-16-11(10-22-13)15(18)14-12(19-16)9-20(8-4-2)17(14)21/h9,13,21H,3-8,10H2,1-2H3. The number of hydrogen-bond donors (Lipinski definition) is 1. The van der Waals surface area contributed by atoms with Crippen molar-refractivity contribution in [3.8, 4) is 5.88 Å². The van der Waals surface area contributed by atoms with Gasteiger partial charge < -0.3 is 9.67 Å². The molecule has 0 amide bonds. The van der Waals surface area contributed by atoms with E-state index in [0.29, 0.717) is 10.3 Å². The minimum absolute atomic E-state index is 0.261. The lowest BCUT2D eigenvalue weighted by Gasteiger charge is -2.10. The largest absolute Gasteiger partial charge is 0.494 e. The van der Waals surface area contributed by atoms with Crippen LogP contribution in [-0.2, 0) is 12.3 Å². The lowest BCUT2D eigenvalue weighted by molar-refractivity contribution is 0.421. The molecular weight excluding hydrogens is 316 g/mol. The number of fused-ring (bicyclic) bond motifs is 2. The average Bonchev–Trinajstić information content (AvgIpc) is 3.03. The third-order valence-electron chi connectivity index (χ3n) is 4.33. The lowest BCUT2D eigenvalue weighted by atomic mass is 10.1. The van der Waals surface area contributed by atoms with E-state index < -0.39 is 0 Å². The number of pyridine rings is 1. The molecule has 3 rings (SSSR count). The molecule has 5 heteroatoms. The first kappa shape index (κ1) is 16.0. The zero-order valence-corrected chi connectivity index (χ0v) is 14.8. The van der Waals surface area contributed by atoms with Gasteiger partial charge in [0.1, 0.15) is 0 Å². The highest BCUT2D eigenvalue weighted by atomic mass is 35.5. The third-order valence-corrected chi connectivity index (χ3v) is 6.07. The van der Waals surface area contributed by atoms with E-state index in [2.05, 4.69) is 13.8 Å². The van der Waals surface area contributed by atoms with Crippen molar-refractivity contribution in [2.24, 2.45) is 0 Å². The fourth-order valence-corrected chi connectivity index (χ4v) is 4.94. The van der Waals surface area contributed by atoms with Gasteiger partial charge in [-0.25, -0.2) is 4.98 Å².